The first-order chi connectivity index (χ1) is 20.5. The average molecular weight is 621 g/mol. The van der Waals surface area contributed by atoms with Gasteiger partial charge in [-0.3, -0.25) is 9.88 Å². The van der Waals surface area contributed by atoms with E-state index in [0.717, 1.165) is 67.2 Å². The molecule has 42 heavy (non-hydrogen) atoms. The molecular formula is C30H28Cl3N9. The van der Waals surface area contributed by atoms with Gasteiger partial charge < -0.3 is 20.9 Å². The molecule has 3 N–H and O–H groups in total. The van der Waals surface area contributed by atoms with E-state index in [-0.39, 0.29) is 0 Å². The molecule has 0 unspecified atom stereocenters. The number of benzene rings is 3. The standard InChI is InChI=1S/C30H28Cl3N9/c31-20-1-6-23(7-2-20)36-28-38-29(37-24-8-3-21(32)4-9-24)40-30(39-28)42-17-15-41(16-18-42)14-13-35-26-11-12-34-27-19-22(33)5-10-25(26)27/h1-12,19H,13-18H2,(H,34,35)(H2,36,37,38,39,40). The minimum Gasteiger partial charge on any atom is -0.383 e. The highest BCUT2D eigenvalue weighted by Gasteiger charge is 2.21. The van der Waals surface area contributed by atoms with Crippen LogP contribution in [0.5, 0.6) is 0 Å². The summed E-state index contributed by atoms with van der Waals surface area (Å²) in [5.74, 6) is 1.49. The van der Waals surface area contributed by atoms with Gasteiger partial charge in [0.15, 0.2) is 0 Å². The van der Waals surface area contributed by atoms with Gasteiger partial charge >= 0.3 is 0 Å². The number of hydrogen-bond donors (Lipinski definition) is 3. The van der Waals surface area contributed by atoms with E-state index in [4.69, 9.17) is 44.8 Å². The van der Waals surface area contributed by atoms with E-state index in [1.807, 2.05) is 72.8 Å². The molecule has 1 aliphatic rings. The van der Waals surface area contributed by atoms with Gasteiger partial charge in [-0.2, -0.15) is 15.0 Å². The van der Waals surface area contributed by atoms with Gasteiger partial charge in [-0.05, 0) is 72.8 Å². The van der Waals surface area contributed by atoms with Crippen molar-refractivity contribution < 1.29 is 0 Å². The van der Waals surface area contributed by atoms with E-state index in [2.05, 4.69) is 35.7 Å². The number of aromatic nitrogens is 4. The average Bonchev–Trinajstić information content (AvgIpc) is 3.00. The molecule has 0 spiro atoms. The van der Waals surface area contributed by atoms with Crippen molar-refractivity contribution in [3.05, 3.63) is 94.1 Å². The Morgan fingerprint density at radius 3 is 1.88 bits per heavy atom. The number of fused-ring (bicyclic) bond motifs is 1. The van der Waals surface area contributed by atoms with Crippen LogP contribution in [-0.4, -0.2) is 64.1 Å². The van der Waals surface area contributed by atoms with Gasteiger partial charge in [0, 0.05) is 83.0 Å². The molecule has 0 atom stereocenters. The Kier molecular flexibility index (Phi) is 8.71. The maximum atomic E-state index is 6.13. The van der Waals surface area contributed by atoms with Crippen molar-refractivity contribution in [3.63, 3.8) is 0 Å². The third kappa shape index (κ3) is 7.11. The summed E-state index contributed by atoms with van der Waals surface area (Å²) in [7, 11) is 0. The summed E-state index contributed by atoms with van der Waals surface area (Å²) in [5.41, 5.74) is 3.60. The summed E-state index contributed by atoms with van der Waals surface area (Å²) in [6, 6.07) is 22.6. The zero-order valence-corrected chi connectivity index (χ0v) is 24.8. The number of piperazine rings is 1. The minimum atomic E-state index is 0.441. The number of nitrogens with zero attached hydrogens (tertiary/aromatic N) is 6. The second-order valence-electron chi connectivity index (χ2n) is 9.82. The number of rotatable bonds is 9. The summed E-state index contributed by atoms with van der Waals surface area (Å²) in [6.45, 7) is 5.09. The van der Waals surface area contributed by atoms with Crippen LogP contribution in [0.1, 0.15) is 0 Å². The van der Waals surface area contributed by atoms with Crippen molar-refractivity contribution in [2.24, 2.45) is 0 Å². The number of pyridine rings is 1. The Balaban J connectivity index is 1.11. The molecule has 3 aromatic carbocycles. The number of hydrogen-bond acceptors (Lipinski definition) is 9. The molecule has 0 saturated carbocycles. The van der Waals surface area contributed by atoms with Crippen LogP contribution in [0.15, 0.2) is 79.0 Å². The molecule has 214 valence electrons. The van der Waals surface area contributed by atoms with Gasteiger partial charge in [0.1, 0.15) is 0 Å². The molecule has 1 aliphatic heterocycles. The summed E-state index contributed by atoms with van der Waals surface area (Å²) in [5, 5.41) is 13.2. The van der Waals surface area contributed by atoms with Gasteiger partial charge in [-0.15, -0.1) is 0 Å². The Labute approximate surface area is 258 Å². The Morgan fingerprint density at radius 2 is 1.26 bits per heavy atom. The predicted molar refractivity (Wildman–Crippen MR) is 173 cm³/mol. The normalized spacial score (nSPS) is 13.7. The Bertz CT molecular complexity index is 1590. The number of anilines is 6. The zero-order valence-electron chi connectivity index (χ0n) is 22.6. The third-order valence-corrected chi connectivity index (χ3v) is 7.67. The first-order valence-electron chi connectivity index (χ1n) is 13.6. The summed E-state index contributed by atoms with van der Waals surface area (Å²) in [6.07, 6.45) is 1.81. The van der Waals surface area contributed by atoms with Crippen LogP contribution in [0.3, 0.4) is 0 Å². The van der Waals surface area contributed by atoms with Gasteiger partial charge in [-0.1, -0.05) is 34.8 Å². The van der Waals surface area contributed by atoms with E-state index in [1.165, 1.54) is 0 Å². The van der Waals surface area contributed by atoms with Crippen LogP contribution in [0.25, 0.3) is 10.9 Å². The maximum absolute atomic E-state index is 6.13. The van der Waals surface area contributed by atoms with Gasteiger partial charge in [0.25, 0.3) is 0 Å². The van der Waals surface area contributed by atoms with Crippen molar-refractivity contribution in [2.45, 2.75) is 0 Å². The van der Waals surface area contributed by atoms with Gasteiger partial charge in [0.2, 0.25) is 17.8 Å². The Hall–Kier alpha value is -3.89. The zero-order chi connectivity index (χ0) is 28.9. The lowest BCUT2D eigenvalue weighted by Gasteiger charge is -2.34. The van der Waals surface area contributed by atoms with Gasteiger partial charge in [0.05, 0.1) is 5.52 Å². The van der Waals surface area contributed by atoms with Crippen LogP contribution < -0.4 is 20.9 Å². The van der Waals surface area contributed by atoms with E-state index in [0.29, 0.717) is 32.9 Å². The fourth-order valence-electron chi connectivity index (χ4n) is 4.74. The number of halogens is 3. The molecule has 2 aromatic heterocycles. The molecule has 0 amide bonds. The molecule has 5 aromatic rings. The topological polar surface area (TPSA) is 94.1 Å². The fourth-order valence-corrected chi connectivity index (χ4v) is 5.16. The van der Waals surface area contributed by atoms with Crippen LogP contribution in [0, 0.1) is 0 Å². The molecule has 0 bridgehead atoms. The lowest BCUT2D eigenvalue weighted by molar-refractivity contribution is 0.266. The second kappa shape index (κ2) is 13.0. The molecule has 3 heterocycles. The van der Waals surface area contributed by atoms with Crippen molar-refractivity contribution in [2.75, 3.05) is 60.1 Å². The molecule has 0 radical (unpaired) electrons. The highest BCUT2D eigenvalue weighted by atomic mass is 35.5. The molecule has 0 aliphatic carbocycles. The van der Waals surface area contributed by atoms with Crippen LogP contribution in [0.2, 0.25) is 15.1 Å². The summed E-state index contributed by atoms with van der Waals surface area (Å²) in [4.78, 5) is 23.1. The van der Waals surface area contributed by atoms with Crippen LogP contribution in [0.4, 0.5) is 34.9 Å². The molecule has 6 rings (SSSR count). The monoisotopic (exact) mass is 619 g/mol. The van der Waals surface area contributed by atoms with Crippen molar-refractivity contribution >= 4 is 80.6 Å². The van der Waals surface area contributed by atoms with Crippen molar-refractivity contribution in [1.29, 1.82) is 0 Å². The first-order valence-corrected chi connectivity index (χ1v) is 14.7. The fraction of sp³-hybridized carbons (Fsp3) is 0.200. The first kappa shape index (κ1) is 28.2. The molecule has 1 saturated heterocycles. The van der Waals surface area contributed by atoms with E-state index in [9.17, 15) is 0 Å². The maximum Gasteiger partial charge on any atom is 0.233 e. The third-order valence-electron chi connectivity index (χ3n) is 6.93. The van der Waals surface area contributed by atoms with Crippen molar-refractivity contribution in [1.82, 2.24) is 24.8 Å². The molecule has 1 fully saturated rings. The van der Waals surface area contributed by atoms with Gasteiger partial charge in [-0.25, -0.2) is 0 Å². The summed E-state index contributed by atoms with van der Waals surface area (Å²) < 4.78 is 0. The van der Waals surface area contributed by atoms with E-state index in [1.54, 1.807) is 6.20 Å². The van der Waals surface area contributed by atoms with E-state index >= 15 is 0 Å². The van der Waals surface area contributed by atoms with Crippen LogP contribution in [-0.2, 0) is 0 Å². The number of nitrogens with one attached hydrogen (secondary N) is 3. The molecule has 9 nitrogen and oxygen atoms in total. The molecule has 12 heteroatoms. The van der Waals surface area contributed by atoms with E-state index < -0.39 is 0 Å². The molecular weight excluding hydrogens is 593 g/mol. The largest absolute Gasteiger partial charge is 0.383 e. The SMILES string of the molecule is Clc1ccc(Nc2nc(Nc3ccc(Cl)cc3)nc(N3CCN(CCNc4ccnc5cc(Cl)ccc45)CC3)n2)cc1. The lowest BCUT2D eigenvalue weighted by atomic mass is 10.2. The van der Waals surface area contributed by atoms with Crippen LogP contribution >= 0.6 is 34.8 Å². The summed E-state index contributed by atoms with van der Waals surface area (Å²) >= 11 is 18.3. The lowest BCUT2D eigenvalue weighted by Crippen LogP contribution is -2.48. The quantitative estimate of drug-likeness (QED) is 0.159. The highest BCUT2D eigenvalue weighted by molar-refractivity contribution is 6.31. The Morgan fingerprint density at radius 1 is 0.667 bits per heavy atom. The second-order valence-corrected chi connectivity index (χ2v) is 11.1. The highest BCUT2D eigenvalue weighted by Crippen LogP contribution is 2.25. The van der Waals surface area contributed by atoms with Crippen molar-refractivity contribution in [3.8, 4) is 0 Å². The predicted octanol–water partition coefficient (Wildman–Crippen LogP) is 7.10. The smallest absolute Gasteiger partial charge is 0.233 e. The minimum absolute atomic E-state index is 0.441.